The van der Waals surface area contributed by atoms with Gasteiger partial charge in [-0.3, -0.25) is 4.79 Å². The van der Waals surface area contributed by atoms with Crippen LogP contribution in [0.25, 0.3) is 0 Å². The van der Waals surface area contributed by atoms with Crippen molar-refractivity contribution in [3.63, 3.8) is 0 Å². The van der Waals surface area contributed by atoms with Crippen LogP contribution in [0.2, 0.25) is 0 Å². The monoisotopic (exact) mass is 392 g/mol. The van der Waals surface area contributed by atoms with Crippen LogP contribution in [-0.2, 0) is 4.79 Å². The van der Waals surface area contributed by atoms with Gasteiger partial charge in [0.05, 0.1) is 24.7 Å². The van der Waals surface area contributed by atoms with E-state index >= 15 is 0 Å². The minimum Gasteiger partial charge on any atom is -0.495 e. The van der Waals surface area contributed by atoms with Crippen LogP contribution in [0.15, 0.2) is 24.3 Å². The summed E-state index contributed by atoms with van der Waals surface area (Å²) in [5, 5.41) is 5.85. The molecule has 2 aliphatic rings. The molecule has 0 radical (unpaired) electrons. The third kappa shape index (κ3) is 5.07. The summed E-state index contributed by atoms with van der Waals surface area (Å²) in [6.45, 7) is 0.803. The highest BCUT2D eigenvalue weighted by Crippen LogP contribution is 2.28. The van der Waals surface area contributed by atoms with Gasteiger partial charge >= 0.3 is 6.03 Å². The summed E-state index contributed by atoms with van der Waals surface area (Å²) < 4.78 is 5.25. The highest BCUT2D eigenvalue weighted by molar-refractivity contribution is 7.99. The lowest BCUT2D eigenvalue weighted by Crippen LogP contribution is -2.49. The number of carbonyl (C=O) groups excluding carboxylic acids is 2. The molecule has 148 valence electrons. The maximum Gasteiger partial charge on any atom is 0.319 e. The summed E-state index contributed by atoms with van der Waals surface area (Å²) in [4.78, 5) is 26.6. The number of nitrogens with one attached hydrogen (secondary N) is 2. The fourth-order valence-electron chi connectivity index (χ4n) is 3.71. The van der Waals surface area contributed by atoms with Crippen molar-refractivity contribution in [3.05, 3.63) is 24.3 Å². The number of nitrogens with two attached hydrogens (primary N) is 1. The van der Waals surface area contributed by atoms with Crippen molar-refractivity contribution >= 4 is 29.4 Å². The summed E-state index contributed by atoms with van der Waals surface area (Å²) in [6, 6.07) is 6.74. The van der Waals surface area contributed by atoms with E-state index < -0.39 is 6.04 Å². The van der Waals surface area contributed by atoms with Gasteiger partial charge in [-0.05, 0) is 43.7 Å². The molecule has 1 saturated heterocycles. The van der Waals surface area contributed by atoms with E-state index in [2.05, 4.69) is 10.6 Å². The molecule has 8 heteroatoms. The number of ether oxygens (including phenoxy) is 1. The molecule has 1 aromatic carbocycles. The zero-order valence-corrected chi connectivity index (χ0v) is 16.5. The van der Waals surface area contributed by atoms with Gasteiger partial charge in [-0.2, -0.15) is 0 Å². The molecule has 0 bridgehead atoms. The largest absolute Gasteiger partial charge is 0.495 e. The van der Waals surface area contributed by atoms with Gasteiger partial charge in [0, 0.05) is 18.3 Å². The van der Waals surface area contributed by atoms with Crippen LogP contribution < -0.4 is 21.1 Å². The molecule has 3 rings (SSSR count). The molecule has 0 spiro atoms. The number of urea groups is 1. The van der Waals surface area contributed by atoms with Crippen LogP contribution in [-0.4, -0.2) is 54.2 Å². The number of benzene rings is 1. The lowest BCUT2D eigenvalue weighted by atomic mass is 9.81. The van der Waals surface area contributed by atoms with Crippen molar-refractivity contribution in [1.82, 2.24) is 10.2 Å². The number of para-hydroxylation sites is 2. The van der Waals surface area contributed by atoms with Gasteiger partial charge in [0.25, 0.3) is 0 Å². The molecule has 7 nitrogen and oxygen atoms in total. The zero-order valence-electron chi connectivity index (χ0n) is 15.6. The van der Waals surface area contributed by atoms with Crippen LogP contribution in [0.1, 0.15) is 25.7 Å². The molecule has 3 amide bonds. The predicted molar refractivity (Wildman–Crippen MR) is 108 cm³/mol. The van der Waals surface area contributed by atoms with Crippen LogP contribution in [0, 0.1) is 5.92 Å². The standard InChI is InChI=1S/C19H28N4O3S/c1-26-16-5-3-2-4-15(16)22-19(25)21-14-8-6-13(7-9-14)17(20)18(24)23-10-11-27-12-23/h2-5,13-14,17H,6-12,20H2,1H3,(H2,21,22,25). The lowest BCUT2D eigenvalue weighted by Gasteiger charge is -2.33. The van der Waals surface area contributed by atoms with Crippen molar-refractivity contribution in [2.75, 3.05) is 30.6 Å². The number of anilines is 1. The molecule has 27 heavy (non-hydrogen) atoms. The van der Waals surface area contributed by atoms with Gasteiger partial charge in [-0.25, -0.2) is 4.79 Å². The Labute approximate surface area is 164 Å². The number of thioether (sulfide) groups is 1. The van der Waals surface area contributed by atoms with Gasteiger partial charge in [0.2, 0.25) is 5.91 Å². The average Bonchev–Trinajstić information content (AvgIpc) is 3.22. The van der Waals surface area contributed by atoms with Gasteiger partial charge in [-0.1, -0.05) is 12.1 Å². The van der Waals surface area contributed by atoms with Gasteiger partial charge in [0.15, 0.2) is 0 Å². The number of hydrogen-bond acceptors (Lipinski definition) is 5. The van der Waals surface area contributed by atoms with Crippen LogP contribution in [0.5, 0.6) is 5.75 Å². The number of hydrogen-bond donors (Lipinski definition) is 3. The highest BCUT2D eigenvalue weighted by atomic mass is 32.2. The van der Waals surface area contributed by atoms with Gasteiger partial charge < -0.3 is 26.0 Å². The number of rotatable bonds is 5. The Morgan fingerprint density at radius 1 is 1.26 bits per heavy atom. The summed E-state index contributed by atoms with van der Waals surface area (Å²) in [7, 11) is 1.57. The molecule has 1 heterocycles. The van der Waals surface area contributed by atoms with E-state index in [1.807, 2.05) is 17.0 Å². The van der Waals surface area contributed by atoms with E-state index in [-0.39, 0.29) is 23.9 Å². The van der Waals surface area contributed by atoms with Crippen LogP contribution in [0.3, 0.4) is 0 Å². The average molecular weight is 393 g/mol. The first-order chi connectivity index (χ1) is 13.1. The van der Waals surface area contributed by atoms with Crippen molar-refractivity contribution in [1.29, 1.82) is 0 Å². The fraction of sp³-hybridized carbons (Fsp3) is 0.579. The molecule has 1 aliphatic heterocycles. The van der Waals surface area contributed by atoms with Crippen molar-refractivity contribution in [2.24, 2.45) is 11.7 Å². The normalized spacial score (nSPS) is 23.6. The van der Waals surface area contributed by atoms with E-state index in [9.17, 15) is 9.59 Å². The van der Waals surface area contributed by atoms with Crippen molar-refractivity contribution in [3.8, 4) is 5.75 Å². The predicted octanol–water partition coefficient (Wildman–Crippen LogP) is 2.24. The number of nitrogens with zero attached hydrogens (tertiary/aromatic N) is 1. The number of methoxy groups -OCH3 is 1. The zero-order chi connectivity index (χ0) is 19.2. The van der Waals surface area contributed by atoms with Crippen LogP contribution in [0.4, 0.5) is 10.5 Å². The Kier molecular flexibility index (Phi) is 6.84. The summed E-state index contributed by atoms with van der Waals surface area (Å²) >= 11 is 1.77. The maximum atomic E-state index is 12.5. The Bertz CT molecular complexity index is 658. The second-order valence-corrected chi connectivity index (χ2v) is 8.15. The third-order valence-corrected chi connectivity index (χ3v) is 6.29. The quantitative estimate of drug-likeness (QED) is 0.714. The van der Waals surface area contributed by atoms with Gasteiger partial charge in [0.1, 0.15) is 5.75 Å². The van der Waals surface area contributed by atoms with E-state index in [1.165, 1.54) is 0 Å². The molecule has 1 aliphatic carbocycles. The first-order valence-electron chi connectivity index (χ1n) is 9.41. The Hall–Kier alpha value is -1.93. The topological polar surface area (TPSA) is 96.7 Å². The Morgan fingerprint density at radius 2 is 2.00 bits per heavy atom. The van der Waals surface area contributed by atoms with Crippen molar-refractivity contribution < 1.29 is 14.3 Å². The Balaban J connectivity index is 1.45. The molecule has 0 aromatic heterocycles. The molecular formula is C19H28N4O3S. The molecular weight excluding hydrogens is 364 g/mol. The summed E-state index contributed by atoms with van der Waals surface area (Å²) in [5.74, 6) is 2.65. The minimum atomic E-state index is -0.424. The number of carbonyl (C=O) groups is 2. The Morgan fingerprint density at radius 3 is 2.67 bits per heavy atom. The second kappa shape index (κ2) is 9.32. The second-order valence-electron chi connectivity index (χ2n) is 7.08. The summed E-state index contributed by atoms with van der Waals surface area (Å²) in [5.41, 5.74) is 6.88. The first-order valence-corrected chi connectivity index (χ1v) is 10.6. The number of amides is 3. The first kappa shape index (κ1) is 19.8. The van der Waals surface area contributed by atoms with E-state index in [0.717, 1.165) is 43.9 Å². The molecule has 1 aromatic rings. The highest BCUT2D eigenvalue weighted by Gasteiger charge is 2.33. The minimum absolute atomic E-state index is 0.0744. The fourth-order valence-corrected chi connectivity index (χ4v) is 4.67. The van der Waals surface area contributed by atoms with E-state index in [1.54, 1.807) is 31.0 Å². The maximum absolute atomic E-state index is 12.5. The molecule has 1 unspecified atom stereocenters. The lowest BCUT2D eigenvalue weighted by molar-refractivity contribution is -0.132. The third-order valence-electron chi connectivity index (χ3n) is 5.32. The molecule has 2 fully saturated rings. The van der Waals surface area contributed by atoms with E-state index in [0.29, 0.717) is 11.4 Å². The SMILES string of the molecule is COc1ccccc1NC(=O)NC1CCC(C(N)C(=O)N2CCSC2)CC1. The molecule has 1 saturated carbocycles. The smallest absolute Gasteiger partial charge is 0.319 e. The summed E-state index contributed by atoms with van der Waals surface area (Å²) in [6.07, 6.45) is 3.38. The van der Waals surface area contributed by atoms with Crippen molar-refractivity contribution in [2.45, 2.75) is 37.8 Å². The molecule has 4 N–H and O–H groups in total. The van der Waals surface area contributed by atoms with E-state index in [4.69, 9.17) is 10.5 Å². The van der Waals surface area contributed by atoms with Gasteiger partial charge in [-0.15, -0.1) is 11.8 Å². The van der Waals surface area contributed by atoms with Crippen LogP contribution >= 0.6 is 11.8 Å². The molecule has 1 atom stereocenters.